The molecule has 0 radical (unpaired) electrons. The number of carboxylic acids is 1. The molecular weight excluding hydrogens is 254 g/mol. The Morgan fingerprint density at radius 1 is 1.15 bits per heavy atom. The van der Waals surface area contributed by atoms with Gasteiger partial charge in [-0.25, -0.2) is 4.79 Å². The van der Waals surface area contributed by atoms with Crippen LogP contribution in [0.1, 0.15) is 27.3 Å². The number of rotatable bonds is 4. The number of hydrogen-bond donors (Lipinski definition) is 1. The summed E-state index contributed by atoms with van der Waals surface area (Å²) in [7, 11) is 0. The number of pyridine rings is 1. The molecule has 104 valence electrons. The van der Waals surface area contributed by atoms with Gasteiger partial charge in [0.15, 0.2) is 5.43 Å². The Kier molecular flexibility index (Phi) is 4.03. The first-order chi connectivity index (χ1) is 9.47. The van der Waals surface area contributed by atoms with Gasteiger partial charge in [-0.1, -0.05) is 12.1 Å². The lowest BCUT2D eigenvalue weighted by Crippen LogP contribution is -2.14. The standard InChI is InChI=1S/C16H17NO3/c1-11-8-15(18)9-12(2)17(11)7-6-13-4-3-5-14(10-13)16(19)20/h3-5,8-10H,6-7H2,1-2H3,(H,19,20). The molecule has 0 atom stereocenters. The smallest absolute Gasteiger partial charge is 0.335 e. The topological polar surface area (TPSA) is 59.3 Å². The molecule has 4 nitrogen and oxygen atoms in total. The van der Waals surface area contributed by atoms with E-state index >= 15 is 0 Å². The molecule has 2 rings (SSSR count). The molecule has 2 aromatic rings. The molecule has 0 bridgehead atoms. The third kappa shape index (κ3) is 3.15. The summed E-state index contributed by atoms with van der Waals surface area (Å²) in [4.78, 5) is 22.3. The van der Waals surface area contributed by atoms with Crippen molar-refractivity contribution in [3.63, 3.8) is 0 Å². The number of carboxylic acid groups (broad SMARTS) is 1. The Labute approximate surface area is 117 Å². The normalized spacial score (nSPS) is 10.5. The highest BCUT2D eigenvalue weighted by atomic mass is 16.4. The number of aryl methyl sites for hydroxylation is 3. The molecule has 0 spiro atoms. The molecule has 0 aliphatic carbocycles. The third-order valence-corrected chi connectivity index (χ3v) is 3.35. The summed E-state index contributed by atoms with van der Waals surface area (Å²) in [5.41, 5.74) is 3.14. The van der Waals surface area contributed by atoms with Crippen molar-refractivity contribution in [2.24, 2.45) is 0 Å². The number of benzene rings is 1. The maximum Gasteiger partial charge on any atom is 0.335 e. The quantitative estimate of drug-likeness (QED) is 0.929. The van der Waals surface area contributed by atoms with Crippen LogP contribution in [0.5, 0.6) is 0 Å². The third-order valence-electron chi connectivity index (χ3n) is 3.35. The van der Waals surface area contributed by atoms with Gasteiger partial charge in [0, 0.05) is 30.1 Å². The number of carbonyl (C=O) groups is 1. The molecular formula is C16H17NO3. The summed E-state index contributed by atoms with van der Waals surface area (Å²) >= 11 is 0. The van der Waals surface area contributed by atoms with Crippen molar-refractivity contribution < 1.29 is 9.90 Å². The fraction of sp³-hybridized carbons (Fsp3) is 0.250. The highest BCUT2D eigenvalue weighted by Gasteiger charge is 2.05. The van der Waals surface area contributed by atoms with Crippen LogP contribution in [0, 0.1) is 13.8 Å². The van der Waals surface area contributed by atoms with Gasteiger partial charge >= 0.3 is 5.97 Å². The maximum absolute atomic E-state index is 11.4. The van der Waals surface area contributed by atoms with E-state index in [0.717, 1.165) is 29.9 Å². The van der Waals surface area contributed by atoms with Gasteiger partial charge in [-0.3, -0.25) is 4.79 Å². The van der Waals surface area contributed by atoms with Crippen molar-refractivity contribution in [2.45, 2.75) is 26.8 Å². The number of aromatic carboxylic acids is 1. The van der Waals surface area contributed by atoms with Gasteiger partial charge < -0.3 is 9.67 Å². The van der Waals surface area contributed by atoms with Crippen molar-refractivity contribution >= 4 is 5.97 Å². The average Bonchev–Trinajstić information content (AvgIpc) is 2.37. The SMILES string of the molecule is Cc1cc(=O)cc(C)n1CCc1cccc(C(=O)O)c1. The zero-order valence-electron chi connectivity index (χ0n) is 11.6. The second kappa shape index (κ2) is 5.74. The van der Waals surface area contributed by atoms with Crippen LogP contribution >= 0.6 is 0 Å². The minimum Gasteiger partial charge on any atom is -0.478 e. The van der Waals surface area contributed by atoms with E-state index in [0.29, 0.717) is 5.56 Å². The molecule has 0 unspecified atom stereocenters. The molecule has 0 fully saturated rings. The highest BCUT2D eigenvalue weighted by Crippen LogP contribution is 2.09. The lowest BCUT2D eigenvalue weighted by Gasteiger charge is -2.14. The highest BCUT2D eigenvalue weighted by molar-refractivity contribution is 5.87. The van der Waals surface area contributed by atoms with E-state index in [1.54, 1.807) is 30.3 Å². The van der Waals surface area contributed by atoms with E-state index in [-0.39, 0.29) is 5.43 Å². The minimum atomic E-state index is -0.914. The Morgan fingerprint density at radius 2 is 1.80 bits per heavy atom. The monoisotopic (exact) mass is 271 g/mol. The second-order valence-electron chi connectivity index (χ2n) is 4.88. The van der Waals surface area contributed by atoms with Gasteiger partial charge in [-0.2, -0.15) is 0 Å². The molecule has 0 aliphatic rings. The summed E-state index contributed by atoms with van der Waals surface area (Å²) < 4.78 is 2.06. The lowest BCUT2D eigenvalue weighted by molar-refractivity contribution is 0.0696. The number of hydrogen-bond acceptors (Lipinski definition) is 2. The van der Waals surface area contributed by atoms with Crippen LogP contribution in [0.15, 0.2) is 41.2 Å². The number of aromatic nitrogens is 1. The van der Waals surface area contributed by atoms with Crippen LogP contribution in [0.2, 0.25) is 0 Å². The van der Waals surface area contributed by atoms with Crippen molar-refractivity contribution in [3.8, 4) is 0 Å². The first-order valence-electron chi connectivity index (χ1n) is 6.47. The predicted octanol–water partition coefficient (Wildman–Crippen LogP) is 2.41. The van der Waals surface area contributed by atoms with E-state index in [1.807, 2.05) is 19.9 Å². The van der Waals surface area contributed by atoms with Gasteiger partial charge in [0.1, 0.15) is 0 Å². The van der Waals surface area contributed by atoms with Crippen molar-refractivity contribution in [2.75, 3.05) is 0 Å². The van der Waals surface area contributed by atoms with Crippen LogP contribution in [0.4, 0.5) is 0 Å². The molecule has 0 amide bonds. The van der Waals surface area contributed by atoms with Gasteiger partial charge in [-0.15, -0.1) is 0 Å². The van der Waals surface area contributed by atoms with E-state index in [2.05, 4.69) is 4.57 Å². The van der Waals surface area contributed by atoms with Crippen LogP contribution < -0.4 is 5.43 Å². The van der Waals surface area contributed by atoms with Gasteiger partial charge in [0.25, 0.3) is 0 Å². The predicted molar refractivity (Wildman–Crippen MR) is 77.3 cm³/mol. The zero-order chi connectivity index (χ0) is 14.7. The Bertz CT molecular complexity index is 675. The van der Waals surface area contributed by atoms with Gasteiger partial charge in [0.2, 0.25) is 0 Å². The molecule has 0 aliphatic heterocycles. The van der Waals surface area contributed by atoms with E-state index in [9.17, 15) is 9.59 Å². The first kappa shape index (κ1) is 14.1. The van der Waals surface area contributed by atoms with E-state index < -0.39 is 5.97 Å². The molecule has 1 aromatic heterocycles. The van der Waals surface area contributed by atoms with Crippen molar-refractivity contribution in [1.29, 1.82) is 0 Å². The molecule has 20 heavy (non-hydrogen) atoms. The van der Waals surface area contributed by atoms with Crippen LogP contribution in [0.25, 0.3) is 0 Å². The second-order valence-corrected chi connectivity index (χ2v) is 4.88. The fourth-order valence-electron chi connectivity index (χ4n) is 2.34. The van der Waals surface area contributed by atoms with Gasteiger partial charge in [-0.05, 0) is 38.0 Å². The van der Waals surface area contributed by atoms with Crippen molar-refractivity contribution in [1.82, 2.24) is 4.57 Å². The maximum atomic E-state index is 11.4. The fourth-order valence-corrected chi connectivity index (χ4v) is 2.34. The van der Waals surface area contributed by atoms with E-state index in [4.69, 9.17) is 5.11 Å². The molecule has 0 saturated carbocycles. The molecule has 4 heteroatoms. The molecule has 1 aromatic carbocycles. The Hall–Kier alpha value is -2.36. The van der Waals surface area contributed by atoms with Crippen molar-refractivity contribution in [3.05, 3.63) is 69.1 Å². The van der Waals surface area contributed by atoms with Crippen LogP contribution in [-0.2, 0) is 13.0 Å². The summed E-state index contributed by atoms with van der Waals surface area (Å²) in [5.74, 6) is -0.914. The Morgan fingerprint density at radius 3 is 2.40 bits per heavy atom. The first-order valence-corrected chi connectivity index (χ1v) is 6.47. The summed E-state index contributed by atoms with van der Waals surface area (Å²) in [6.45, 7) is 4.53. The Balaban J connectivity index is 2.19. The number of nitrogens with zero attached hydrogens (tertiary/aromatic N) is 1. The molecule has 1 heterocycles. The summed E-state index contributed by atoms with van der Waals surface area (Å²) in [5, 5.41) is 8.97. The molecule has 1 N–H and O–H groups in total. The zero-order valence-corrected chi connectivity index (χ0v) is 11.6. The lowest BCUT2D eigenvalue weighted by atomic mass is 10.1. The molecule has 0 saturated heterocycles. The average molecular weight is 271 g/mol. The minimum absolute atomic E-state index is 0.0177. The largest absolute Gasteiger partial charge is 0.478 e. The van der Waals surface area contributed by atoms with Crippen LogP contribution in [0.3, 0.4) is 0 Å². The summed E-state index contributed by atoms with van der Waals surface area (Å²) in [6, 6.07) is 10.2. The van der Waals surface area contributed by atoms with Crippen LogP contribution in [-0.4, -0.2) is 15.6 Å². The van der Waals surface area contributed by atoms with E-state index in [1.165, 1.54) is 0 Å². The summed E-state index contributed by atoms with van der Waals surface area (Å²) in [6.07, 6.45) is 0.728. The van der Waals surface area contributed by atoms with Gasteiger partial charge in [0.05, 0.1) is 5.56 Å².